The fraction of sp³-hybridized carbons (Fsp3) is 0.429. The lowest BCUT2D eigenvalue weighted by atomic mass is 9.89. The maximum absolute atomic E-state index is 13.4. The number of hydrogen-bond acceptors (Lipinski definition) is 5. The first-order chi connectivity index (χ1) is 17.2. The highest BCUT2D eigenvalue weighted by atomic mass is 16.2. The Labute approximate surface area is 213 Å². The van der Waals surface area contributed by atoms with E-state index in [4.69, 9.17) is 5.26 Å². The van der Waals surface area contributed by atoms with Crippen molar-refractivity contribution in [1.82, 2.24) is 20.1 Å². The molecule has 4 rings (SSSR count). The minimum absolute atomic E-state index is 0.00116. The van der Waals surface area contributed by atoms with E-state index >= 15 is 0 Å². The topological polar surface area (TPSA) is 98.9 Å². The van der Waals surface area contributed by atoms with Crippen LogP contribution in [0.2, 0.25) is 0 Å². The van der Waals surface area contributed by atoms with Crippen LogP contribution in [0.1, 0.15) is 52.0 Å². The molecule has 0 bridgehead atoms. The normalized spacial score (nSPS) is 17.8. The number of hydrogen-bond donors (Lipinski definition) is 2. The maximum Gasteiger partial charge on any atom is 0.322 e. The van der Waals surface area contributed by atoms with Crippen molar-refractivity contribution in [2.75, 3.05) is 16.8 Å². The fourth-order valence-corrected chi connectivity index (χ4v) is 4.54. The molecule has 2 aromatic heterocycles. The third kappa shape index (κ3) is 6.42. The molecule has 0 atom stereocenters. The van der Waals surface area contributed by atoms with Gasteiger partial charge in [-0.3, -0.25) is 9.58 Å². The molecule has 0 unspecified atom stereocenters. The molecule has 3 aromatic rings. The fourth-order valence-electron chi connectivity index (χ4n) is 4.54. The van der Waals surface area contributed by atoms with Gasteiger partial charge in [0.15, 0.2) is 0 Å². The predicted octanol–water partition coefficient (Wildman–Crippen LogP) is 5.34. The van der Waals surface area contributed by atoms with E-state index < -0.39 is 0 Å². The molecule has 1 saturated carbocycles. The molecular formula is C28H35N7O. The second-order valence-corrected chi connectivity index (χ2v) is 10.7. The molecule has 8 heteroatoms. The van der Waals surface area contributed by atoms with Gasteiger partial charge in [-0.1, -0.05) is 32.9 Å². The molecule has 0 saturated heterocycles. The summed E-state index contributed by atoms with van der Waals surface area (Å²) in [6.45, 7) is 6.97. The monoisotopic (exact) mass is 485 g/mol. The van der Waals surface area contributed by atoms with Gasteiger partial charge in [-0.25, -0.2) is 9.78 Å². The van der Waals surface area contributed by atoms with Crippen LogP contribution in [0.4, 0.5) is 16.3 Å². The lowest BCUT2D eigenvalue weighted by Gasteiger charge is -2.38. The van der Waals surface area contributed by atoms with Gasteiger partial charge in [-0.2, -0.15) is 10.4 Å². The van der Waals surface area contributed by atoms with E-state index in [0.29, 0.717) is 12.1 Å². The molecule has 2 heterocycles. The SMILES string of the molecule is Cn1cc(-c2ccc(N(C(=O)NCC(C)(C)C)C3CCC(Nc4ccc(C#N)cn4)CC3)cc2)cn1. The molecule has 0 spiro atoms. The van der Waals surface area contributed by atoms with E-state index in [1.807, 2.05) is 42.5 Å². The first-order valence-electron chi connectivity index (χ1n) is 12.5. The number of amides is 2. The van der Waals surface area contributed by atoms with Crippen molar-refractivity contribution >= 4 is 17.5 Å². The summed E-state index contributed by atoms with van der Waals surface area (Å²) in [6.07, 6.45) is 9.07. The number of carbonyl (C=O) groups excluding carboxylic acids is 1. The lowest BCUT2D eigenvalue weighted by Crippen LogP contribution is -2.50. The minimum atomic E-state index is -0.0516. The van der Waals surface area contributed by atoms with Gasteiger partial charge >= 0.3 is 6.03 Å². The Morgan fingerprint density at radius 3 is 2.36 bits per heavy atom. The zero-order chi connectivity index (χ0) is 25.7. The summed E-state index contributed by atoms with van der Waals surface area (Å²) in [5, 5.41) is 19.9. The number of nitrogens with zero attached hydrogens (tertiary/aromatic N) is 5. The summed E-state index contributed by atoms with van der Waals surface area (Å²) >= 11 is 0. The van der Waals surface area contributed by atoms with Crippen molar-refractivity contribution in [2.45, 2.75) is 58.5 Å². The van der Waals surface area contributed by atoms with Gasteiger partial charge < -0.3 is 10.6 Å². The van der Waals surface area contributed by atoms with Crippen molar-refractivity contribution < 1.29 is 4.79 Å². The second-order valence-electron chi connectivity index (χ2n) is 10.7. The average molecular weight is 486 g/mol. The summed E-state index contributed by atoms with van der Waals surface area (Å²) in [6, 6.07) is 14.2. The number of pyridine rings is 1. The number of nitrogens with one attached hydrogen (secondary N) is 2. The lowest BCUT2D eigenvalue weighted by molar-refractivity contribution is 0.235. The first kappa shape index (κ1) is 25.2. The van der Waals surface area contributed by atoms with Gasteiger partial charge in [0, 0.05) is 49.3 Å². The maximum atomic E-state index is 13.4. The highest BCUT2D eigenvalue weighted by molar-refractivity contribution is 5.93. The number of carbonyl (C=O) groups is 1. The van der Waals surface area contributed by atoms with E-state index in [0.717, 1.165) is 48.3 Å². The molecule has 1 fully saturated rings. The molecule has 0 aliphatic heterocycles. The number of rotatable bonds is 6. The number of nitriles is 1. The van der Waals surface area contributed by atoms with Gasteiger partial charge in [0.2, 0.25) is 0 Å². The van der Waals surface area contributed by atoms with Gasteiger partial charge in [0.1, 0.15) is 11.9 Å². The summed E-state index contributed by atoms with van der Waals surface area (Å²) in [4.78, 5) is 19.7. The van der Waals surface area contributed by atoms with Crippen LogP contribution < -0.4 is 15.5 Å². The molecule has 2 N–H and O–H groups in total. The summed E-state index contributed by atoms with van der Waals surface area (Å²) in [5.41, 5.74) is 3.58. The summed E-state index contributed by atoms with van der Waals surface area (Å²) in [7, 11) is 1.90. The molecule has 1 aromatic carbocycles. The number of aromatic nitrogens is 3. The smallest absolute Gasteiger partial charge is 0.322 e. The summed E-state index contributed by atoms with van der Waals surface area (Å²) in [5.74, 6) is 0.781. The van der Waals surface area contributed by atoms with Crippen LogP contribution in [0, 0.1) is 16.7 Å². The van der Waals surface area contributed by atoms with Gasteiger partial charge in [-0.05, 0) is 60.9 Å². The minimum Gasteiger partial charge on any atom is -0.367 e. The van der Waals surface area contributed by atoms with Crippen LogP contribution in [0.5, 0.6) is 0 Å². The number of anilines is 2. The number of benzene rings is 1. The van der Waals surface area contributed by atoms with Crippen LogP contribution in [0.25, 0.3) is 11.1 Å². The molecule has 1 aliphatic rings. The van der Waals surface area contributed by atoms with Gasteiger partial charge in [-0.15, -0.1) is 0 Å². The predicted molar refractivity (Wildman–Crippen MR) is 143 cm³/mol. The zero-order valence-corrected chi connectivity index (χ0v) is 21.5. The Hall–Kier alpha value is -3.86. The van der Waals surface area contributed by atoms with Crippen LogP contribution in [0.15, 0.2) is 55.0 Å². The van der Waals surface area contributed by atoms with E-state index in [-0.39, 0.29) is 23.5 Å². The van der Waals surface area contributed by atoms with E-state index in [9.17, 15) is 4.79 Å². The van der Waals surface area contributed by atoms with Crippen molar-refractivity contribution in [1.29, 1.82) is 5.26 Å². The molecule has 1 aliphatic carbocycles. The molecule has 0 radical (unpaired) electrons. The Kier molecular flexibility index (Phi) is 7.58. The van der Waals surface area contributed by atoms with Crippen LogP contribution >= 0.6 is 0 Å². The van der Waals surface area contributed by atoms with Gasteiger partial charge in [0.25, 0.3) is 0 Å². The number of aryl methyl sites for hydroxylation is 1. The summed E-state index contributed by atoms with van der Waals surface area (Å²) < 4.78 is 1.79. The van der Waals surface area contributed by atoms with E-state index in [2.05, 4.69) is 59.7 Å². The highest BCUT2D eigenvalue weighted by Crippen LogP contribution is 2.31. The van der Waals surface area contributed by atoms with Crippen LogP contribution in [-0.4, -0.2) is 39.4 Å². The Morgan fingerprint density at radius 2 is 1.81 bits per heavy atom. The second kappa shape index (κ2) is 10.8. The molecule has 8 nitrogen and oxygen atoms in total. The zero-order valence-electron chi connectivity index (χ0n) is 21.5. The molecule has 2 amide bonds. The van der Waals surface area contributed by atoms with Crippen molar-refractivity contribution in [3.8, 4) is 17.2 Å². The quantitative estimate of drug-likeness (QED) is 0.491. The van der Waals surface area contributed by atoms with Crippen LogP contribution in [0.3, 0.4) is 0 Å². The molecule has 188 valence electrons. The Balaban J connectivity index is 1.47. The van der Waals surface area contributed by atoms with E-state index in [1.165, 1.54) is 0 Å². The largest absolute Gasteiger partial charge is 0.367 e. The Bertz CT molecular complexity index is 1190. The standard InChI is InChI=1S/C28H35N7O/c1-28(2,3)19-31-27(36)35(24-10-6-21(7-11-24)22-17-32-34(4)18-22)25-12-8-23(9-13-25)33-26-14-5-20(15-29)16-30-26/h5-7,10-11,14,16-18,23,25H,8-9,12-13,19H2,1-4H3,(H,30,33)(H,31,36). The third-order valence-electron chi connectivity index (χ3n) is 6.48. The van der Waals surface area contributed by atoms with Crippen molar-refractivity contribution in [3.63, 3.8) is 0 Å². The van der Waals surface area contributed by atoms with E-state index in [1.54, 1.807) is 16.9 Å². The highest BCUT2D eigenvalue weighted by Gasteiger charge is 2.30. The third-order valence-corrected chi connectivity index (χ3v) is 6.48. The van der Waals surface area contributed by atoms with Crippen molar-refractivity contribution in [3.05, 3.63) is 60.6 Å². The van der Waals surface area contributed by atoms with Crippen LogP contribution in [-0.2, 0) is 7.05 Å². The number of urea groups is 1. The first-order valence-corrected chi connectivity index (χ1v) is 12.5. The average Bonchev–Trinajstić information content (AvgIpc) is 3.31. The van der Waals surface area contributed by atoms with Crippen molar-refractivity contribution in [2.24, 2.45) is 12.5 Å². The molecular weight excluding hydrogens is 450 g/mol. The Morgan fingerprint density at radius 1 is 1.08 bits per heavy atom. The molecule has 36 heavy (non-hydrogen) atoms. The van der Waals surface area contributed by atoms with Gasteiger partial charge in [0.05, 0.1) is 11.8 Å².